The molecule has 1 N–H and O–H groups in total. The second-order valence-electron chi connectivity index (χ2n) is 9.21. The van der Waals surface area contributed by atoms with E-state index in [2.05, 4.69) is 4.99 Å². The molecule has 5 rings (SSSR count). The summed E-state index contributed by atoms with van der Waals surface area (Å²) in [6.45, 7) is 3.27. The first-order valence-corrected chi connectivity index (χ1v) is 12.1. The molecule has 0 spiro atoms. The number of fused-ring (bicyclic) bond motifs is 1. The highest BCUT2D eigenvalue weighted by Crippen LogP contribution is 2.41. The molecule has 202 valence electrons. The Morgan fingerprint density at radius 2 is 1.59 bits per heavy atom. The molecule has 2 heterocycles. The summed E-state index contributed by atoms with van der Waals surface area (Å²) in [5, 5.41) is 9.64. The molecule has 2 aliphatic heterocycles. The minimum absolute atomic E-state index is 0.0158. The maximum absolute atomic E-state index is 14.9. The Bertz CT molecular complexity index is 1490. The van der Waals surface area contributed by atoms with Crippen LogP contribution in [0.15, 0.2) is 71.7 Å². The third-order valence-corrected chi connectivity index (χ3v) is 6.68. The molecule has 0 bridgehead atoms. The van der Waals surface area contributed by atoms with Crippen LogP contribution in [0, 0.1) is 18.6 Å². The summed E-state index contributed by atoms with van der Waals surface area (Å²) >= 11 is 0. The van der Waals surface area contributed by atoms with E-state index in [0.29, 0.717) is 31.7 Å². The van der Waals surface area contributed by atoms with Crippen molar-refractivity contribution in [1.29, 1.82) is 0 Å². The van der Waals surface area contributed by atoms with Gasteiger partial charge in [-0.05, 0) is 55.0 Å². The number of carboxylic acids is 1. The number of nitrogens with zero attached hydrogens (tertiary/aromatic N) is 4. The second-order valence-corrected chi connectivity index (χ2v) is 9.21. The molecule has 6 nitrogen and oxygen atoms in total. The maximum Gasteiger partial charge on any atom is 0.416 e. The van der Waals surface area contributed by atoms with E-state index in [4.69, 9.17) is 0 Å². The van der Waals surface area contributed by atoms with Crippen molar-refractivity contribution >= 4 is 34.7 Å². The van der Waals surface area contributed by atoms with Crippen molar-refractivity contribution in [3.8, 4) is 0 Å². The molecule has 11 heteroatoms. The summed E-state index contributed by atoms with van der Waals surface area (Å²) in [7, 11) is 0. The SMILES string of the molecule is Cc1cc(N2CCN(C3=Nc4c(F)cccc4C(=CC(=O)O)N3c3cccc(C(F)(F)F)c3)CC2)ccc1F. The number of benzene rings is 3. The zero-order chi connectivity index (χ0) is 27.9. The molecular weight excluding hydrogens is 519 g/mol. The number of aliphatic imine (C=N–C) groups is 1. The van der Waals surface area contributed by atoms with Crippen LogP contribution < -0.4 is 9.80 Å². The fourth-order valence-electron chi connectivity index (χ4n) is 4.75. The number of carbonyl (C=O) groups is 1. The minimum Gasteiger partial charge on any atom is -0.478 e. The van der Waals surface area contributed by atoms with Crippen LogP contribution in [0.5, 0.6) is 0 Å². The van der Waals surface area contributed by atoms with E-state index < -0.39 is 23.5 Å². The molecule has 1 saturated heterocycles. The van der Waals surface area contributed by atoms with Gasteiger partial charge in [-0.2, -0.15) is 13.2 Å². The van der Waals surface area contributed by atoms with Gasteiger partial charge in [0.1, 0.15) is 17.3 Å². The van der Waals surface area contributed by atoms with Crippen molar-refractivity contribution in [3.63, 3.8) is 0 Å². The Kier molecular flexibility index (Phi) is 6.75. The van der Waals surface area contributed by atoms with E-state index >= 15 is 0 Å². The van der Waals surface area contributed by atoms with Gasteiger partial charge in [0.05, 0.1) is 11.3 Å². The normalized spacial score (nSPS) is 16.8. The van der Waals surface area contributed by atoms with E-state index in [9.17, 15) is 31.9 Å². The lowest BCUT2D eigenvalue weighted by Gasteiger charge is -2.43. The van der Waals surface area contributed by atoms with Crippen LogP contribution in [0.3, 0.4) is 0 Å². The number of hydrogen-bond donors (Lipinski definition) is 1. The van der Waals surface area contributed by atoms with Gasteiger partial charge in [-0.3, -0.25) is 4.90 Å². The van der Waals surface area contributed by atoms with Gasteiger partial charge < -0.3 is 14.9 Å². The molecule has 1 fully saturated rings. The Hall–Kier alpha value is -4.41. The smallest absolute Gasteiger partial charge is 0.416 e. The number of piperazine rings is 1. The number of rotatable bonds is 3. The molecule has 0 atom stereocenters. The average molecular weight is 543 g/mol. The van der Waals surface area contributed by atoms with Gasteiger partial charge in [-0.1, -0.05) is 18.2 Å². The number of halogens is 5. The summed E-state index contributed by atoms with van der Waals surface area (Å²) in [6, 6.07) is 13.3. The second kappa shape index (κ2) is 10.0. The van der Waals surface area contributed by atoms with Gasteiger partial charge in [0.15, 0.2) is 0 Å². The zero-order valence-corrected chi connectivity index (χ0v) is 20.7. The van der Waals surface area contributed by atoms with Crippen LogP contribution in [0.1, 0.15) is 16.7 Å². The molecule has 3 aromatic rings. The average Bonchev–Trinajstić information content (AvgIpc) is 2.90. The predicted octanol–water partition coefficient (Wildman–Crippen LogP) is 6.05. The Labute approximate surface area is 220 Å². The standard InChI is InChI=1S/C28H23F5N4O2/c1-17-14-19(8-9-22(17)29)35-10-12-36(13-11-35)27-34-26-21(6-3-7-23(26)30)24(16-25(38)39)37(27)20-5-2-4-18(15-20)28(31,32)33/h2-9,14-16H,10-13H2,1H3,(H,38,39). The molecule has 0 aliphatic carbocycles. The molecule has 3 aromatic carbocycles. The lowest BCUT2D eigenvalue weighted by molar-refractivity contribution is -0.137. The molecule has 0 saturated carbocycles. The number of anilines is 2. The van der Waals surface area contributed by atoms with Gasteiger partial charge >= 0.3 is 12.1 Å². The molecule has 0 aromatic heterocycles. The summed E-state index contributed by atoms with van der Waals surface area (Å²) < 4.78 is 69.5. The van der Waals surface area contributed by atoms with Crippen LogP contribution >= 0.6 is 0 Å². The third-order valence-electron chi connectivity index (χ3n) is 6.68. The summed E-state index contributed by atoms with van der Waals surface area (Å²) in [5.74, 6) is -2.25. The topological polar surface area (TPSA) is 59.4 Å². The highest BCUT2D eigenvalue weighted by Gasteiger charge is 2.36. The maximum atomic E-state index is 14.9. The lowest BCUT2D eigenvalue weighted by atomic mass is 10.0. The largest absolute Gasteiger partial charge is 0.478 e. The quantitative estimate of drug-likeness (QED) is 0.323. The first-order chi connectivity index (χ1) is 18.5. The number of hydrogen-bond acceptors (Lipinski definition) is 5. The predicted molar refractivity (Wildman–Crippen MR) is 138 cm³/mol. The Morgan fingerprint density at radius 1 is 0.897 bits per heavy atom. The molecule has 0 unspecified atom stereocenters. The number of para-hydroxylation sites is 1. The van der Waals surface area contributed by atoms with Gasteiger partial charge in [-0.15, -0.1) is 0 Å². The summed E-state index contributed by atoms with van der Waals surface area (Å²) in [6.07, 6.45) is -3.80. The molecule has 39 heavy (non-hydrogen) atoms. The third kappa shape index (κ3) is 5.16. The van der Waals surface area contributed by atoms with E-state index in [1.807, 2.05) is 4.90 Å². The van der Waals surface area contributed by atoms with Crippen LogP contribution in [-0.2, 0) is 11.0 Å². The van der Waals surface area contributed by atoms with Crippen molar-refractivity contribution in [2.75, 3.05) is 36.0 Å². The summed E-state index contributed by atoms with van der Waals surface area (Å²) in [5.41, 5.74) is 0.449. The minimum atomic E-state index is -4.64. The number of alkyl halides is 3. The lowest BCUT2D eigenvalue weighted by Crippen LogP contribution is -2.54. The van der Waals surface area contributed by atoms with Crippen molar-refractivity contribution in [2.45, 2.75) is 13.1 Å². The Balaban J connectivity index is 1.58. The van der Waals surface area contributed by atoms with Crippen LogP contribution in [0.25, 0.3) is 5.70 Å². The van der Waals surface area contributed by atoms with Crippen LogP contribution in [-0.4, -0.2) is 48.1 Å². The van der Waals surface area contributed by atoms with E-state index in [1.165, 1.54) is 41.3 Å². The van der Waals surface area contributed by atoms with Crippen molar-refractivity contribution in [1.82, 2.24) is 4.90 Å². The van der Waals surface area contributed by atoms with Gasteiger partial charge in [0.25, 0.3) is 0 Å². The van der Waals surface area contributed by atoms with Crippen molar-refractivity contribution in [3.05, 3.63) is 95.1 Å². The molecular formula is C28H23F5N4O2. The van der Waals surface area contributed by atoms with E-state index in [-0.39, 0.29) is 34.4 Å². The highest BCUT2D eigenvalue weighted by atomic mass is 19.4. The van der Waals surface area contributed by atoms with Crippen molar-refractivity contribution < 1.29 is 31.9 Å². The first kappa shape index (κ1) is 26.2. The molecule has 2 aliphatic rings. The highest BCUT2D eigenvalue weighted by molar-refractivity contribution is 6.15. The molecule has 0 radical (unpaired) electrons. The van der Waals surface area contributed by atoms with Gasteiger partial charge in [0, 0.05) is 49.2 Å². The fourth-order valence-corrected chi connectivity index (χ4v) is 4.75. The molecule has 0 amide bonds. The number of aliphatic carboxylic acids is 1. The number of carboxylic acid groups (broad SMARTS) is 1. The monoisotopic (exact) mass is 542 g/mol. The zero-order valence-electron chi connectivity index (χ0n) is 20.7. The first-order valence-electron chi connectivity index (χ1n) is 12.1. The van der Waals surface area contributed by atoms with E-state index in [1.54, 1.807) is 24.0 Å². The van der Waals surface area contributed by atoms with Gasteiger partial charge in [-0.25, -0.2) is 18.6 Å². The van der Waals surface area contributed by atoms with Crippen molar-refractivity contribution in [2.24, 2.45) is 4.99 Å². The van der Waals surface area contributed by atoms with Gasteiger partial charge in [0.2, 0.25) is 5.96 Å². The fraction of sp³-hybridized carbons (Fsp3) is 0.214. The number of guanidine groups is 1. The summed E-state index contributed by atoms with van der Waals surface area (Å²) in [4.78, 5) is 21.5. The van der Waals surface area contributed by atoms with Crippen LogP contribution in [0.4, 0.5) is 39.0 Å². The van der Waals surface area contributed by atoms with Crippen LogP contribution in [0.2, 0.25) is 0 Å². The number of aryl methyl sites for hydroxylation is 1. The van der Waals surface area contributed by atoms with E-state index in [0.717, 1.165) is 23.9 Å². The Morgan fingerprint density at radius 3 is 2.26 bits per heavy atom.